The Labute approximate surface area is 138 Å². The van der Waals surface area contributed by atoms with Gasteiger partial charge in [0.2, 0.25) is 0 Å². The molecule has 5 nitrogen and oxygen atoms in total. The molecule has 1 aliphatic rings. The quantitative estimate of drug-likeness (QED) is 0.919. The van der Waals surface area contributed by atoms with Crippen LogP contribution in [0.1, 0.15) is 34.6 Å². The lowest BCUT2D eigenvalue weighted by atomic mass is 10.1. The van der Waals surface area contributed by atoms with Gasteiger partial charge < -0.3 is 15.1 Å². The van der Waals surface area contributed by atoms with Gasteiger partial charge >= 0.3 is 0 Å². The van der Waals surface area contributed by atoms with Crippen LogP contribution in [0.15, 0.2) is 24.3 Å². The van der Waals surface area contributed by atoms with E-state index in [9.17, 15) is 9.59 Å². The maximum Gasteiger partial charge on any atom is 0.254 e. The molecule has 1 saturated heterocycles. The average molecular weight is 326 g/mol. The van der Waals surface area contributed by atoms with E-state index in [1.54, 1.807) is 36.2 Å². The number of piperazine rings is 1. The summed E-state index contributed by atoms with van der Waals surface area (Å²) in [6.07, 6.45) is 0. The van der Waals surface area contributed by atoms with Gasteiger partial charge in [0, 0.05) is 50.4 Å². The highest BCUT2D eigenvalue weighted by atomic mass is 35.5. The molecule has 1 unspecified atom stereocenters. The normalized spacial score (nSPS) is 17.6. The van der Waals surface area contributed by atoms with Crippen LogP contribution in [0.4, 0.5) is 0 Å². The van der Waals surface area contributed by atoms with Crippen LogP contribution in [0.3, 0.4) is 0 Å². The molecule has 0 saturated carbocycles. The van der Waals surface area contributed by atoms with Gasteiger partial charge in [-0.05, 0) is 32.0 Å². The number of halogens is 1. The topological polar surface area (TPSA) is 52.7 Å². The summed E-state index contributed by atoms with van der Waals surface area (Å²) < 4.78 is 0. The molecule has 1 fully saturated rings. The summed E-state index contributed by atoms with van der Waals surface area (Å²) in [5.41, 5.74) is 1.15. The molecule has 0 spiro atoms. The van der Waals surface area contributed by atoms with E-state index in [4.69, 9.17) is 0 Å². The fraction of sp³-hybridized carbons (Fsp3) is 0.500. The van der Waals surface area contributed by atoms with Gasteiger partial charge in [-0.25, -0.2) is 0 Å². The molecule has 1 aromatic rings. The van der Waals surface area contributed by atoms with E-state index < -0.39 is 0 Å². The SMILES string of the molecule is CCN(C)C(=O)c1cccc(C(=O)N2CCNCC2C)c1.Cl. The van der Waals surface area contributed by atoms with Gasteiger partial charge in [0.1, 0.15) is 0 Å². The molecule has 2 rings (SSSR count). The molecule has 6 heteroatoms. The predicted molar refractivity (Wildman–Crippen MR) is 89.7 cm³/mol. The number of amides is 2. The van der Waals surface area contributed by atoms with Crippen LogP contribution < -0.4 is 5.32 Å². The van der Waals surface area contributed by atoms with Crippen LogP contribution in [0.25, 0.3) is 0 Å². The highest BCUT2D eigenvalue weighted by Gasteiger charge is 2.24. The third-order valence-corrected chi connectivity index (χ3v) is 3.94. The molecular weight excluding hydrogens is 302 g/mol. The molecule has 0 aliphatic carbocycles. The Kier molecular flexibility index (Phi) is 6.84. The predicted octanol–water partition coefficient (Wildman–Crippen LogP) is 1.63. The molecule has 0 bridgehead atoms. The lowest BCUT2D eigenvalue weighted by Crippen LogP contribution is -2.52. The molecule has 0 radical (unpaired) electrons. The van der Waals surface area contributed by atoms with E-state index in [2.05, 4.69) is 5.32 Å². The molecule has 2 amide bonds. The summed E-state index contributed by atoms with van der Waals surface area (Å²) in [5, 5.41) is 3.27. The average Bonchev–Trinajstić information content (AvgIpc) is 2.53. The van der Waals surface area contributed by atoms with Crippen molar-refractivity contribution in [2.45, 2.75) is 19.9 Å². The molecule has 1 atom stereocenters. The molecule has 122 valence electrons. The molecule has 22 heavy (non-hydrogen) atoms. The second-order valence-electron chi connectivity index (χ2n) is 5.45. The number of hydrogen-bond acceptors (Lipinski definition) is 3. The van der Waals surface area contributed by atoms with Crippen molar-refractivity contribution in [1.82, 2.24) is 15.1 Å². The van der Waals surface area contributed by atoms with Gasteiger partial charge in [-0.1, -0.05) is 6.07 Å². The van der Waals surface area contributed by atoms with Gasteiger partial charge in [0.05, 0.1) is 0 Å². The number of carbonyl (C=O) groups excluding carboxylic acids is 2. The summed E-state index contributed by atoms with van der Waals surface area (Å²) in [7, 11) is 1.76. The lowest BCUT2D eigenvalue weighted by molar-refractivity contribution is 0.0655. The smallest absolute Gasteiger partial charge is 0.254 e. The number of benzene rings is 1. The number of nitrogens with zero attached hydrogens (tertiary/aromatic N) is 2. The van der Waals surface area contributed by atoms with Crippen LogP contribution >= 0.6 is 12.4 Å². The van der Waals surface area contributed by atoms with Gasteiger partial charge in [0.15, 0.2) is 0 Å². The Morgan fingerprint density at radius 1 is 1.36 bits per heavy atom. The third-order valence-electron chi connectivity index (χ3n) is 3.94. The van der Waals surface area contributed by atoms with Crippen LogP contribution in [0, 0.1) is 0 Å². The fourth-order valence-electron chi connectivity index (χ4n) is 2.46. The zero-order valence-electron chi connectivity index (χ0n) is 13.3. The van der Waals surface area contributed by atoms with Crippen molar-refractivity contribution in [2.24, 2.45) is 0 Å². The van der Waals surface area contributed by atoms with Gasteiger partial charge in [-0.3, -0.25) is 9.59 Å². The van der Waals surface area contributed by atoms with E-state index >= 15 is 0 Å². The van der Waals surface area contributed by atoms with E-state index in [0.29, 0.717) is 24.2 Å². The highest BCUT2D eigenvalue weighted by molar-refractivity contribution is 5.99. The van der Waals surface area contributed by atoms with E-state index in [1.165, 1.54) is 0 Å². The summed E-state index contributed by atoms with van der Waals surface area (Å²) >= 11 is 0. The van der Waals surface area contributed by atoms with Gasteiger partial charge in [-0.2, -0.15) is 0 Å². The van der Waals surface area contributed by atoms with E-state index in [1.807, 2.05) is 18.7 Å². The Morgan fingerprint density at radius 2 is 2.05 bits per heavy atom. The zero-order valence-corrected chi connectivity index (χ0v) is 14.2. The monoisotopic (exact) mass is 325 g/mol. The molecular formula is C16H24ClN3O2. The highest BCUT2D eigenvalue weighted by Crippen LogP contribution is 2.13. The number of carbonyl (C=O) groups is 2. The Bertz CT molecular complexity index is 536. The molecule has 1 aromatic carbocycles. The van der Waals surface area contributed by atoms with Crippen LogP contribution in [-0.4, -0.2) is 60.9 Å². The number of hydrogen-bond donors (Lipinski definition) is 1. The first-order valence-corrected chi connectivity index (χ1v) is 7.41. The fourth-order valence-corrected chi connectivity index (χ4v) is 2.46. The minimum Gasteiger partial charge on any atom is -0.342 e. The van der Waals surface area contributed by atoms with Crippen LogP contribution in [-0.2, 0) is 0 Å². The minimum absolute atomic E-state index is 0. The summed E-state index contributed by atoms with van der Waals surface area (Å²) in [6.45, 7) is 6.92. The van der Waals surface area contributed by atoms with Crippen molar-refractivity contribution in [1.29, 1.82) is 0 Å². The molecule has 0 aromatic heterocycles. The standard InChI is InChI=1S/C16H23N3O2.ClH/c1-4-18(3)15(20)13-6-5-7-14(10-13)16(21)19-9-8-17-11-12(19)2;/h5-7,10,12,17H,4,8-9,11H2,1-3H3;1H. The Morgan fingerprint density at radius 3 is 2.68 bits per heavy atom. The van der Waals surface area contributed by atoms with Crippen molar-refractivity contribution in [3.8, 4) is 0 Å². The van der Waals surface area contributed by atoms with Crippen molar-refractivity contribution in [3.63, 3.8) is 0 Å². The Hall–Kier alpha value is -1.59. The molecule has 1 heterocycles. The number of nitrogens with one attached hydrogen (secondary N) is 1. The van der Waals surface area contributed by atoms with Gasteiger partial charge in [0.25, 0.3) is 11.8 Å². The molecule has 1 aliphatic heterocycles. The number of rotatable bonds is 3. The first-order valence-electron chi connectivity index (χ1n) is 7.41. The first-order chi connectivity index (χ1) is 10.0. The van der Waals surface area contributed by atoms with Crippen molar-refractivity contribution in [3.05, 3.63) is 35.4 Å². The summed E-state index contributed by atoms with van der Waals surface area (Å²) in [4.78, 5) is 28.3. The Balaban J connectivity index is 0.00000242. The molecule has 1 N–H and O–H groups in total. The van der Waals surface area contributed by atoms with Crippen LogP contribution in [0.5, 0.6) is 0 Å². The maximum atomic E-state index is 12.6. The van der Waals surface area contributed by atoms with Crippen molar-refractivity contribution in [2.75, 3.05) is 33.2 Å². The van der Waals surface area contributed by atoms with Gasteiger partial charge in [-0.15, -0.1) is 12.4 Å². The van der Waals surface area contributed by atoms with Crippen molar-refractivity contribution >= 4 is 24.2 Å². The lowest BCUT2D eigenvalue weighted by Gasteiger charge is -2.34. The summed E-state index contributed by atoms with van der Waals surface area (Å²) in [5.74, 6) is -0.0571. The third kappa shape index (κ3) is 3.99. The first kappa shape index (κ1) is 18.5. The van der Waals surface area contributed by atoms with E-state index in [0.717, 1.165) is 13.1 Å². The second kappa shape index (κ2) is 8.15. The zero-order chi connectivity index (χ0) is 15.4. The minimum atomic E-state index is -0.0551. The maximum absolute atomic E-state index is 12.6. The van der Waals surface area contributed by atoms with Crippen LogP contribution in [0.2, 0.25) is 0 Å². The largest absolute Gasteiger partial charge is 0.342 e. The van der Waals surface area contributed by atoms with Crippen molar-refractivity contribution < 1.29 is 9.59 Å². The van der Waals surface area contributed by atoms with E-state index in [-0.39, 0.29) is 30.3 Å². The second-order valence-corrected chi connectivity index (χ2v) is 5.45. The summed E-state index contributed by atoms with van der Waals surface area (Å²) in [6, 6.07) is 7.18.